The topological polar surface area (TPSA) is 80.3 Å². The normalized spacial score (nSPS) is 13.4. The summed E-state index contributed by atoms with van der Waals surface area (Å²) >= 11 is 0. The molecule has 8 nitrogen and oxygen atoms in total. The Kier molecular flexibility index (Phi) is 7.40. The Labute approximate surface area is 205 Å². The standard InChI is InChI=1S/C27H29N3O5/c1-33-23-10-8-20(9-11-23)26(31)28-21-6-4-7-22(16-21)30-13-5-12-29(27(30)32)18-19-14-24(34-2)17-25(15-19)35-3/h4,6-11,14-17H,5,12-13,18H2,1-3H3,(H,28,31). The second kappa shape index (κ2) is 10.8. The summed E-state index contributed by atoms with van der Waals surface area (Å²) in [5.41, 5.74) is 2.79. The zero-order valence-corrected chi connectivity index (χ0v) is 20.1. The lowest BCUT2D eigenvalue weighted by Crippen LogP contribution is -2.49. The van der Waals surface area contributed by atoms with Gasteiger partial charge in [-0.05, 0) is 66.6 Å². The predicted octanol–water partition coefficient (Wildman–Crippen LogP) is 4.80. The van der Waals surface area contributed by atoms with Crippen LogP contribution in [0.25, 0.3) is 0 Å². The Hall–Kier alpha value is -4.20. The number of methoxy groups -OCH3 is 3. The third kappa shape index (κ3) is 5.66. The summed E-state index contributed by atoms with van der Waals surface area (Å²) in [5.74, 6) is 1.81. The van der Waals surface area contributed by atoms with Gasteiger partial charge in [0.15, 0.2) is 0 Å². The first-order valence-corrected chi connectivity index (χ1v) is 11.3. The molecule has 8 heteroatoms. The van der Waals surface area contributed by atoms with E-state index in [0.29, 0.717) is 48.1 Å². The van der Waals surface area contributed by atoms with Gasteiger partial charge in [-0.3, -0.25) is 9.69 Å². The average Bonchev–Trinajstić information content (AvgIpc) is 2.89. The van der Waals surface area contributed by atoms with E-state index in [2.05, 4.69) is 5.32 Å². The van der Waals surface area contributed by atoms with E-state index in [1.54, 1.807) is 67.5 Å². The Balaban J connectivity index is 1.47. The Morgan fingerprint density at radius 3 is 2.20 bits per heavy atom. The Morgan fingerprint density at radius 2 is 1.54 bits per heavy atom. The number of benzene rings is 3. The highest BCUT2D eigenvalue weighted by atomic mass is 16.5. The van der Waals surface area contributed by atoms with Gasteiger partial charge in [0.25, 0.3) is 5.91 Å². The molecular weight excluding hydrogens is 446 g/mol. The van der Waals surface area contributed by atoms with E-state index < -0.39 is 0 Å². The fraction of sp³-hybridized carbons (Fsp3) is 0.259. The third-order valence-electron chi connectivity index (χ3n) is 5.86. The minimum atomic E-state index is -0.233. The molecule has 0 spiro atoms. The first-order chi connectivity index (χ1) is 17.0. The molecule has 3 amide bonds. The van der Waals surface area contributed by atoms with E-state index in [1.807, 2.05) is 30.3 Å². The van der Waals surface area contributed by atoms with Gasteiger partial charge in [0.05, 0.1) is 21.3 Å². The van der Waals surface area contributed by atoms with E-state index in [9.17, 15) is 9.59 Å². The molecule has 0 aromatic heterocycles. The van der Waals surface area contributed by atoms with Crippen molar-refractivity contribution in [2.24, 2.45) is 0 Å². The van der Waals surface area contributed by atoms with Crippen molar-refractivity contribution < 1.29 is 23.8 Å². The molecule has 1 aliphatic heterocycles. The summed E-state index contributed by atoms with van der Waals surface area (Å²) < 4.78 is 15.9. The first kappa shape index (κ1) is 23.9. The lowest BCUT2D eigenvalue weighted by molar-refractivity contribution is 0.102. The fourth-order valence-corrected chi connectivity index (χ4v) is 4.04. The van der Waals surface area contributed by atoms with E-state index >= 15 is 0 Å². The predicted molar refractivity (Wildman–Crippen MR) is 135 cm³/mol. The molecule has 0 unspecified atom stereocenters. The quantitative estimate of drug-likeness (QED) is 0.506. The SMILES string of the molecule is COc1ccc(C(=O)Nc2cccc(N3CCCN(Cc4cc(OC)cc(OC)c4)C3=O)c2)cc1. The van der Waals surface area contributed by atoms with E-state index in [1.165, 1.54) is 0 Å². The molecule has 1 fully saturated rings. The van der Waals surface area contributed by atoms with Crippen LogP contribution in [0.3, 0.4) is 0 Å². The molecule has 1 saturated heterocycles. The van der Waals surface area contributed by atoms with Crippen molar-refractivity contribution in [3.63, 3.8) is 0 Å². The summed E-state index contributed by atoms with van der Waals surface area (Å²) in [6.45, 7) is 1.70. The highest BCUT2D eigenvalue weighted by Gasteiger charge is 2.27. The Bertz CT molecular complexity index is 1170. The molecule has 1 aliphatic rings. The molecule has 0 aliphatic carbocycles. The van der Waals surface area contributed by atoms with Crippen LogP contribution in [0, 0.1) is 0 Å². The molecule has 1 heterocycles. The minimum absolute atomic E-state index is 0.0864. The number of nitrogens with one attached hydrogen (secondary N) is 1. The van der Waals surface area contributed by atoms with Crippen LogP contribution in [0.15, 0.2) is 66.7 Å². The van der Waals surface area contributed by atoms with Crippen LogP contribution >= 0.6 is 0 Å². The summed E-state index contributed by atoms with van der Waals surface area (Å²) in [6, 6.07) is 19.8. The maximum atomic E-state index is 13.3. The van der Waals surface area contributed by atoms with Gasteiger partial charge in [-0.2, -0.15) is 0 Å². The zero-order valence-electron chi connectivity index (χ0n) is 20.1. The number of carbonyl (C=O) groups excluding carboxylic acids is 2. The molecule has 4 rings (SSSR count). The van der Waals surface area contributed by atoms with Gasteiger partial charge in [0.1, 0.15) is 17.2 Å². The van der Waals surface area contributed by atoms with Gasteiger partial charge < -0.3 is 24.4 Å². The van der Waals surface area contributed by atoms with Gasteiger partial charge in [-0.1, -0.05) is 6.07 Å². The smallest absolute Gasteiger partial charge is 0.324 e. The van der Waals surface area contributed by atoms with Crippen LogP contribution in [0.5, 0.6) is 17.2 Å². The summed E-state index contributed by atoms with van der Waals surface area (Å²) in [5, 5.41) is 2.91. The van der Waals surface area contributed by atoms with Crippen LogP contribution in [-0.4, -0.2) is 51.3 Å². The second-order valence-electron chi connectivity index (χ2n) is 8.16. The molecule has 0 bridgehead atoms. The van der Waals surface area contributed by atoms with Gasteiger partial charge in [0, 0.05) is 42.6 Å². The number of hydrogen-bond acceptors (Lipinski definition) is 5. The molecule has 35 heavy (non-hydrogen) atoms. The van der Waals surface area contributed by atoms with Crippen LogP contribution in [0.2, 0.25) is 0 Å². The fourth-order valence-electron chi connectivity index (χ4n) is 4.04. The first-order valence-electron chi connectivity index (χ1n) is 11.3. The monoisotopic (exact) mass is 475 g/mol. The summed E-state index contributed by atoms with van der Waals surface area (Å²) in [7, 11) is 4.79. The number of hydrogen-bond donors (Lipinski definition) is 1. The van der Waals surface area contributed by atoms with Crippen LogP contribution < -0.4 is 24.4 Å². The van der Waals surface area contributed by atoms with Crippen LogP contribution in [0.4, 0.5) is 16.2 Å². The lowest BCUT2D eigenvalue weighted by Gasteiger charge is -2.36. The van der Waals surface area contributed by atoms with E-state index in [-0.39, 0.29) is 11.9 Å². The number of nitrogens with zero attached hydrogens (tertiary/aromatic N) is 2. The van der Waals surface area contributed by atoms with Gasteiger partial charge in [-0.15, -0.1) is 0 Å². The van der Waals surface area contributed by atoms with Crippen molar-refractivity contribution in [2.45, 2.75) is 13.0 Å². The highest BCUT2D eigenvalue weighted by Crippen LogP contribution is 2.27. The van der Waals surface area contributed by atoms with Gasteiger partial charge >= 0.3 is 6.03 Å². The van der Waals surface area contributed by atoms with Crippen molar-refractivity contribution >= 4 is 23.3 Å². The van der Waals surface area contributed by atoms with E-state index in [0.717, 1.165) is 17.7 Å². The number of amides is 3. The molecule has 0 atom stereocenters. The molecule has 3 aromatic carbocycles. The van der Waals surface area contributed by atoms with Crippen molar-refractivity contribution in [3.05, 3.63) is 77.9 Å². The largest absolute Gasteiger partial charge is 0.497 e. The molecule has 1 N–H and O–H groups in total. The maximum absolute atomic E-state index is 13.3. The maximum Gasteiger partial charge on any atom is 0.324 e. The molecular formula is C27H29N3O5. The van der Waals surface area contributed by atoms with Crippen LogP contribution in [-0.2, 0) is 6.54 Å². The number of ether oxygens (including phenoxy) is 3. The number of urea groups is 1. The molecule has 0 radical (unpaired) electrons. The summed E-state index contributed by atoms with van der Waals surface area (Å²) in [4.78, 5) is 29.6. The van der Waals surface area contributed by atoms with Crippen LogP contribution in [0.1, 0.15) is 22.3 Å². The van der Waals surface area contributed by atoms with Gasteiger partial charge in [-0.25, -0.2) is 4.79 Å². The lowest BCUT2D eigenvalue weighted by atomic mass is 10.1. The van der Waals surface area contributed by atoms with Crippen molar-refractivity contribution in [3.8, 4) is 17.2 Å². The van der Waals surface area contributed by atoms with Crippen molar-refractivity contribution in [2.75, 3.05) is 44.6 Å². The molecule has 0 saturated carbocycles. The third-order valence-corrected chi connectivity index (χ3v) is 5.86. The van der Waals surface area contributed by atoms with Crippen molar-refractivity contribution in [1.29, 1.82) is 0 Å². The molecule has 3 aromatic rings. The Morgan fingerprint density at radius 1 is 0.857 bits per heavy atom. The number of carbonyl (C=O) groups is 2. The number of rotatable bonds is 8. The summed E-state index contributed by atoms with van der Waals surface area (Å²) in [6.07, 6.45) is 0.829. The van der Waals surface area contributed by atoms with Crippen molar-refractivity contribution in [1.82, 2.24) is 4.90 Å². The highest BCUT2D eigenvalue weighted by molar-refractivity contribution is 6.04. The average molecular weight is 476 g/mol. The zero-order chi connectivity index (χ0) is 24.8. The minimum Gasteiger partial charge on any atom is -0.497 e. The number of anilines is 2. The van der Waals surface area contributed by atoms with Gasteiger partial charge in [0.2, 0.25) is 0 Å². The second-order valence-corrected chi connectivity index (χ2v) is 8.16. The molecule has 182 valence electrons. The van der Waals surface area contributed by atoms with E-state index in [4.69, 9.17) is 14.2 Å².